The van der Waals surface area contributed by atoms with Crippen LogP contribution in [-0.4, -0.2) is 42.4 Å². The van der Waals surface area contributed by atoms with E-state index in [4.69, 9.17) is 9.47 Å². The molecule has 0 aliphatic carbocycles. The van der Waals surface area contributed by atoms with Crippen molar-refractivity contribution in [2.75, 3.05) is 11.1 Å². The van der Waals surface area contributed by atoms with Crippen molar-refractivity contribution < 1.29 is 19.4 Å². The van der Waals surface area contributed by atoms with Gasteiger partial charge in [0.25, 0.3) is 5.91 Å². The molecule has 6 rings (SSSR count). The molecule has 2 N–H and O–H groups in total. The maximum absolute atomic E-state index is 12.9. The van der Waals surface area contributed by atoms with Crippen LogP contribution in [0, 0.1) is 5.92 Å². The number of aromatic nitrogens is 4. The molecule has 3 heterocycles. The number of benzene rings is 3. The number of imidazole rings is 1. The molecule has 10 heteroatoms. The maximum atomic E-state index is 12.9. The van der Waals surface area contributed by atoms with Crippen LogP contribution in [-0.2, 0) is 23.1 Å². The molecule has 1 amide bonds. The SMILES string of the molecule is C[C@H]1[C@@H](CSc2nccn2C)O[C@@H](c2ccc(NC(=O)c3cnc4ccccc4n3)cc2)O[C@H]1c1ccc(CO)cc1. The van der Waals surface area contributed by atoms with Gasteiger partial charge in [0, 0.05) is 42.4 Å². The lowest BCUT2D eigenvalue weighted by atomic mass is 9.91. The van der Waals surface area contributed by atoms with E-state index >= 15 is 0 Å². The fraction of sp³-hybridized carbons (Fsp3) is 0.250. The Balaban J connectivity index is 1.19. The zero-order valence-electron chi connectivity index (χ0n) is 23.3. The highest BCUT2D eigenvalue weighted by Crippen LogP contribution is 2.43. The zero-order chi connectivity index (χ0) is 29.1. The number of thioether (sulfide) groups is 1. The number of aliphatic hydroxyl groups excluding tert-OH is 1. The molecule has 42 heavy (non-hydrogen) atoms. The fourth-order valence-electron chi connectivity index (χ4n) is 4.94. The van der Waals surface area contributed by atoms with E-state index in [0.717, 1.165) is 27.4 Å². The smallest absolute Gasteiger partial charge is 0.275 e. The van der Waals surface area contributed by atoms with Gasteiger partial charge >= 0.3 is 0 Å². The summed E-state index contributed by atoms with van der Waals surface area (Å²) >= 11 is 1.65. The van der Waals surface area contributed by atoms with Gasteiger partial charge in [-0.25, -0.2) is 9.97 Å². The van der Waals surface area contributed by atoms with E-state index in [2.05, 4.69) is 27.2 Å². The lowest BCUT2D eigenvalue weighted by Crippen LogP contribution is -2.38. The van der Waals surface area contributed by atoms with Crippen LogP contribution in [0.5, 0.6) is 0 Å². The van der Waals surface area contributed by atoms with E-state index in [9.17, 15) is 9.90 Å². The Labute approximate surface area is 247 Å². The Bertz CT molecular complexity index is 1670. The topological polar surface area (TPSA) is 111 Å². The van der Waals surface area contributed by atoms with Gasteiger partial charge in [0.2, 0.25) is 0 Å². The zero-order valence-corrected chi connectivity index (χ0v) is 24.1. The third-order valence-electron chi connectivity index (χ3n) is 7.40. The number of aliphatic hydroxyl groups is 1. The summed E-state index contributed by atoms with van der Waals surface area (Å²) in [5.74, 6) is 0.436. The van der Waals surface area contributed by atoms with Gasteiger partial charge in [-0.05, 0) is 35.4 Å². The molecule has 0 unspecified atom stereocenters. The molecule has 214 valence electrons. The van der Waals surface area contributed by atoms with Crippen LogP contribution < -0.4 is 5.32 Å². The minimum Gasteiger partial charge on any atom is -0.392 e. The third kappa shape index (κ3) is 6.07. The number of fused-ring (bicyclic) bond motifs is 1. The number of para-hydroxylation sites is 2. The van der Waals surface area contributed by atoms with Crippen molar-refractivity contribution in [1.82, 2.24) is 19.5 Å². The number of amides is 1. The van der Waals surface area contributed by atoms with Crippen LogP contribution in [0.15, 0.2) is 96.5 Å². The van der Waals surface area contributed by atoms with Gasteiger partial charge in [0.1, 0.15) is 5.69 Å². The monoisotopic (exact) mass is 581 g/mol. The summed E-state index contributed by atoms with van der Waals surface area (Å²) in [6.07, 6.45) is 4.27. The van der Waals surface area contributed by atoms with Crippen LogP contribution in [0.3, 0.4) is 0 Å². The molecular weight excluding hydrogens is 550 g/mol. The van der Waals surface area contributed by atoms with Crippen molar-refractivity contribution in [3.8, 4) is 0 Å². The van der Waals surface area contributed by atoms with Crippen molar-refractivity contribution in [2.45, 2.75) is 37.2 Å². The van der Waals surface area contributed by atoms with Gasteiger partial charge in [0.05, 0.1) is 36.0 Å². The first-order valence-corrected chi connectivity index (χ1v) is 14.7. The Morgan fingerprint density at radius 2 is 1.71 bits per heavy atom. The summed E-state index contributed by atoms with van der Waals surface area (Å²) in [5, 5.41) is 13.3. The predicted molar refractivity (Wildman–Crippen MR) is 161 cm³/mol. The van der Waals surface area contributed by atoms with Gasteiger partial charge in [-0.1, -0.05) is 67.2 Å². The molecule has 9 nitrogen and oxygen atoms in total. The molecule has 1 fully saturated rings. The van der Waals surface area contributed by atoms with E-state index in [1.165, 1.54) is 6.20 Å². The molecule has 1 saturated heterocycles. The Morgan fingerprint density at radius 3 is 2.43 bits per heavy atom. The normalized spacial score (nSPS) is 20.5. The summed E-state index contributed by atoms with van der Waals surface area (Å²) in [6, 6.07) is 22.7. The number of rotatable bonds is 8. The fourth-order valence-corrected chi connectivity index (χ4v) is 6.04. The quantitative estimate of drug-likeness (QED) is 0.225. The number of carbonyl (C=O) groups is 1. The summed E-state index contributed by atoms with van der Waals surface area (Å²) in [4.78, 5) is 26.1. The van der Waals surface area contributed by atoms with Crippen LogP contribution in [0.4, 0.5) is 5.69 Å². The lowest BCUT2D eigenvalue weighted by molar-refractivity contribution is -0.268. The van der Waals surface area contributed by atoms with Gasteiger partial charge in [-0.15, -0.1) is 0 Å². The molecule has 2 aromatic heterocycles. The number of ether oxygens (including phenoxy) is 2. The van der Waals surface area contributed by atoms with Crippen LogP contribution in [0.2, 0.25) is 0 Å². The molecule has 0 bridgehead atoms. The number of carbonyl (C=O) groups excluding carboxylic acids is 1. The molecular formula is C32H31N5O4S. The average Bonchev–Trinajstić information content (AvgIpc) is 3.45. The number of hydrogen-bond donors (Lipinski definition) is 2. The number of hydrogen-bond acceptors (Lipinski definition) is 8. The van der Waals surface area contributed by atoms with Crippen molar-refractivity contribution >= 4 is 34.4 Å². The van der Waals surface area contributed by atoms with Crippen LogP contribution >= 0.6 is 11.8 Å². The van der Waals surface area contributed by atoms with E-state index in [-0.39, 0.29) is 36.3 Å². The summed E-state index contributed by atoms with van der Waals surface area (Å²) in [6.45, 7) is 2.13. The average molecular weight is 582 g/mol. The van der Waals surface area contributed by atoms with Gasteiger partial charge < -0.3 is 24.5 Å². The number of anilines is 1. The van der Waals surface area contributed by atoms with Gasteiger partial charge in [-0.2, -0.15) is 0 Å². The highest BCUT2D eigenvalue weighted by molar-refractivity contribution is 7.99. The summed E-state index contributed by atoms with van der Waals surface area (Å²) < 4.78 is 15.1. The number of aryl methyl sites for hydroxylation is 1. The predicted octanol–water partition coefficient (Wildman–Crippen LogP) is 5.69. The van der Waals surface area contributed by atoms with Crippen LogP contribution in [0.1, 0.15) is 46.5 Å². The van der Waals surface area contributed by atoms with E-state index in [0.29, 0.717) is 17.0 Å². The van der Waals surface area contributed by atoms with E-state index in [1.54, 1.807) is 18.0 Å². The molecule has 4 atom stereocenters. The first kappa shape index (κ1) is 28.0. The van der Waals surface area contributed by atoms with Crippen molar-refractivity contribution in [1.29, 1.82) is 0 Å². The van der Waals surface area contributed by atoms with Crippen molar-refractivity contribution in [3.05, 3.63) is 114 Å². The molecule has 1 aliphatic heterocycles. The molecule has 5 aromatic rings. The Morgan fingerprint density at radius 1 is 0.976 bits per heavy atom. The Kier molecular flexibility index (Phi) is 8.29. The summed E-state index contributed by atoms with van der Waals surface area (Å²) in [7, 11) is 1.98. The van der Waals surface area contributed by atoms with Gasteiger partial charge in [0.15, 0.2) is 11.4 Å². The van der Waals surface area contributed by atoms with Crippen LogP contribution in [0.25, 0.3) is 11.0 Å². The van der Waals surface area contributed by atoms with Crippen molar-refractivity contribution in [2.24, 2.45) is 13.0 Å². The number of nitrogens with zero attached hydrogens (tertiary/aromatic N) is 4. The highest BCUT2D eigenvalue weighted by atomic mass is 32.2. The van der Waals surface area contributed by atoms with E-state index < -0.39 is 6.29 Å². The first-order valence-electron chi connectivity index (χ1n) is 13.7. The summed E-state index contributed by atoms with van der Waals surface area (Å²) in [5.41, 5.74) is 4.99. The molecule has 1 aliphatic rings. The van der Waals surface area contributed by atoms with Crippen molar-refractivity contribution in [3.63, 3.8) is 0 Å². The third-order valence-corrected chi connectivity index (χ3v) is 8.55. The molecule has 3 aromatic carbocycles. The van der Waals surface area contributed by atoms with E-state index in [1.807, 2.05) is 90.6 Å². The first-order chi connectivity index (χ1) is 20.5. The second kappa shape index (κ2) is 12.4. The lowest BCUT2D eigenvalue weighted by Gasteiger charge is -2.41. The molecule has 0 saturated carbocycles. The standard InChI is InChI=1S/C32H31N5O4S/c1-20-28(19-42-32-33-15-16-37(32)2)40-31(41-29(20)22-9-7-21(18-38)8-10-22)23-11-13-24(14-12-23)35-30(39)27-17-34-25-5-3-4-6-26(25)36-27/h3-17,20,28-29,31,38H,18-19H2,1-2H3,(H,35,39)/t20-,28+,29+,31+/m0/s1. The second-order valence-corrected chi connectivity index (χ2v) is 11.3. The highest BCUT2D eigenvalue weighted by Gasteiger charge is 2.38. The maximum Gasteiger partial charge on any atom is 0.275 e. The number of nitrogens with one attached hydrogen (secondary N) is 1. The minimum atomic E-state index is -0.605. The van der Waals surface area contributed by atoms with Gasteiger partial charge in [-0.3, -0.25) is 9.78 Å². The molecule has 0 radical (unpaired) electrons. The second-order valence-electron chi connectivity index (χ2n) is 10.3. The minimum absolute atomic E-state index is 0.00759. The Hall–Kier alpha value is -4.09. The largest absolute Gasteiger partial charge is 0.392 e. The molecule has 0 spiro atoms.